The summed E-state index contributed by atoms with van der Waals surface area (Å²) in [4.78, 5) is 8.73. The lowest BCUT2D eigenvalue weighted by molar-refractivity contribution is 0.413. The Morgan fingerprint density at radius 1 is 1.10 bits per heavy atom. The molecule has 0 N–H and O–H groups in total. The number of hydrogen-bond acceptors (Lipinski definition) is 6. The molecule has 0 radical (unpaired) electrons. The van der Waals surface area contributed by atoms with Gasteiger partial charge in [0.05, 0.1) is 29.6 Å². The molecule has 0 spiro atoms. The van der Waals surface area contributed by atoms with Crippen LogP contribution in [-0.2, 0) is 5.75 Å². The number of benzene rings is 2. The number of nitriles is 2. The van der Waals surface area contributed by atoms with Gasteiger partial charge in [-0.2, -0.15) is 10.5 Å². The van der Waals surface area contributed by atoms with Crippen LogP contribution in [0.5, 0.6) is 5.75 Å². The highest BCUT2D eigenvalue weighted by atomic mass is 32.2. The molecule has 0 bridgehead atoms. The van der Waals surface area contributed by atoms with Gasteiger partial charge in [-0.05, 0) is 31.2 Å². The minimum Gasteiger partial charge on any atom is -0.495 e. The maximum atomic E-state index is 13.9. The van der Waals surface area contributed by atoms with Crippen LogP contribution in [0.4, 0.5) is 8.78 Å². The summed E-state index contributed by atoms with van der Waals surface area (Å²) in [6, 6.07) is 13.0. The Kier molecular flexibility index (Phi) is 6.06. The smallest absolute Gasteiger partial charge is 0.188 e. The number of rotatable bonds is 5. The predicted molar refractivity (Wildman–Crippen MR) is 104 cm³/mol. The summed E-state index contributed by atoms with van der Waals surface area (Å²) in [6.45, 7) is 1.67. The first-order chi connectivity index (χ1) is 14.0. The first-order valence-electron chi connectivity index (χ1n) is 8.41. The SMILES string of the molecule is COc1ccc(-c2nc(SCc3cccc(F)c3F)nc(C)c2C#N)cc1C#N. The van der Waals surface area contributed by atoms with Crippen molar-refractivity contribution in [2.24, 2.45) is 0 Å². The molecule has 1 heterocycles. The molecule has 0 fully saturated rings. The summed E-state index contributed by atoms with van der Waals surface area (Å²) < 4.78 is 32.4. The van der Waals surface area contributed by atoms with Gasteiger partial charge in [-0.3, -0.25) is 0 Å². The third-order valence-electron chi connectivity index (χ3n) is 4.16. The van der Waals surface area contributed by atoms with Crippen molar-refractivity contribution in [3.05, 3.63) is 70.4 Å². The van der Waals surface area contributed by atoms with Gasteiger partial charge in [0.25, 0.3) is 0 Å². The van der Waals surface area contributed by atoms with Gasteiger partial charge in [-0.25, -0.2) is 18.7 Å². The van der Waals surface area contributed by atoms with Crippen LogP contribution >= 0.6 is 11.8 Å². The van der Waals surface area contributed by atoms with Crippen LogP contribution < -0.4 is 4.74 Å². The van der Waals surface area contributed by atoms with Crippen molar-refractivity contribution < 1.29 is 13.5 Å². The Morgan fingerprint density at radius 3 is 2.59 bits per heavy atom. The molecule has 0 saturated carbocycles. The van der Waals surface area contributed by atoms with Crippen molar-refractivity contribution in [3.63, 3.8) is 0 Å². The maximum Gasteiger partial charge on any atom is 0.188 e. The van der Waals surface area contributed by atoms with Gasteiger partial charge in [0.2, 0.25) is 0 Å². The zero-order valence-corrected chi connectivity index (χ0v) is 16.3. The monoisotopic (exact) mass is 408 g/mol. The molecule has 0 atom stereocenters. The fourth-order valence-electron chi connectivity index (χ4n) is 2.70. The molecule has 0 unspecified atom stereocenters. The predicted octanol–water partition coefficient (Wildman–Crippen LogP) is 4.77. The molecule has 0 amide bonds. The molecule has 0 aliphatic heterocycles. The van der Waals surface area contributed by atoms with Crippen molar-refractivity contribution in [2.45, 2.75) is 17.8 Å². The summed E-state index contributed by atoms with van der Waals surface area (Å²) in [5.41, 5.74) is 2.15. The van der Waals surface area contributed by atoms with Gasteiger partial charge in [0, 0.05) is 16.9 Å². The fourth-order valence-corrected chi connectivity index (χ4v) is 3.56. The number of nitrogens with zero attached hydrogens (tertiary/aromatic N) is 4. The van der Waals surface area contributed by atoms with Crippen LogP contribution in [0.3, 0.4) is 0 Å². The molecule has 1 aromatic heterocycles. The normalized spacial score (nSPS) is 10.3. The fraction of sp³-hybridized carbons (Fsp3) is 0.143. The molecule has 0 aliphatic rings. The first-order valence-corrected chi connectivity index (χ1v) is 9.40. The third kappa shape index (κ3) is 4.18. The second-order valence-corrected chi connectivity index (χ2v) is 6.90. The van der Waals surface area contributed by atoms with E-state index in [9.17, 15) is 19.3 Å². The van der Waals surface area contributed by atoms with E-state index in [2.05, 4.69) is 16.0 Å². The number of ether oxygens (including phenoxy) is 1. The van der Waals surface area contributed by atoms with Gasteiger partial charge in [-0.1, -0.05) is 23.9 Å². The molecular formula is C21H14F2N4OS. The lowest BCUT2D eigenvalue weighted by atomic mass is 10.0. The molecule has 3 aromatic rings. The average Bonchev–Trinajstić information content (AvgIpc) is 2.73. The highest BCUT2D eigenvalue weighted by Gasteiger charge is 2.16. The first kappa shape index (κ1) is 20.2. The summed E-state index contributed by atoms with van der Waals surface area (Å²) in [5.74, 6) is -1.28. The van der Waals surface area contributed by atoms with E-state index < -0.39 is 11.6 Å². The lowest BCUT2D eigenvalue weighted by Gasteiger charge is -2.11. The Bertz CT molecular complexity index is 1170. The van der Waals surface area contributed by atoms with Crippen molar-refractivity contribution in [2.75, 3.05) is 7.11 Å². The summed E-state index contributed by atoms with van der Waals surface area (Å²) in [7, 11) is 1.46. The number of halogens is 2. The zero-order chi connectivity index (χ0) is 21.0. The third-order valence-corrected chi connectivity index (χ3v) is 5.06. The lowest BCUT2D eigenvalue weighted by Crippen LogP contribution is -2.01. The molecule has 2 aromatic carbocycles. The Labute approximate surface area is 170 Å². The molecular weight excluding hydrogens is 394 g/mol. The van der Waals surface area contributed by atoms with E-state index in [4.69, 9.17) is 4.74 Å². The number of aromatic nitrogens is 2. The van der Waals surface area contributed by atoms with Gasteiger partial charge < -0.3 is 4.74 Å². The second-order valence-electron chi connectivity index (χ2n) is 5.96. The van der Waals surface area contributed by atoms with E-state index in [1.807, 2.05) is 6.07 Å². The molecule has 8 heteroatoms. The van der Waals surface area contributed by atoms with Gasteiger partial charge in [-0.15, -0.1) is 0 Å². The van der Waals surface area contributed by atoms with Crippen LogP contribution in [-0.4, -0.2) is 17.1 Å². The summed E-state index contributed by atoms with van der Waals surface area (Å²) >= 11 is 1.13. The van der Waals surface area contributed by atoms with E-state index >= 15 is 0 Å². The molecule has 3 rings (SSSR count). The molecule has 144 valence electrons. The minimum atomic E-state index is -0.914. The van der Waals surface area contributed by atoms with E-state index in [1.165, 1.54) is 19.2 Å². The molecule has 0 saturated heterocycles. The summed E-state index contributed by atoms with van der Waals surface area (Å²) in [6.07, 6.45) is 0. The molecule has 5 nitrogen and oxygen atoms in total. The quantitative estimate of drug-likeness (QED) is 0.447. The maximum absolute atomic E-state index is 13.9. The largest absolute Gasteiger partial charge is 0.495 e. The van der Waals surface area contributed by atoms with Crippen LogP contribution in [0.25, 0.3) is 11.3 Å². The summed E-state index contributed by atoms with van der Waals surface area (Å²) in [5, 5.41) is 19.2. The molecule has 0 aliphatic carbocycles. The van der Waals surface area contributed by atoms with Gasteiger partial charge in [0.15, 0.2) is 16.8 Å². The average molecular weight is 408 g/mol. The van der Waals surface area contributed by atoms with Gasteiger partial charge in [0.1, 0.15) is 17.9 Å². The molecule has 29 heavy (non-hydrogen) atoms. The van der Waals surface area contributed by atoms with E-state index in [0.717, 1.165) is 17.8 Å². The van der Waals surface area contributed by atoms with Crippen molar-refractivity contribution in [1.29, 1.82) is 10.5 Å². The number of thioether (sulfide) groups is 1. The minimum absolute atomic E-state index is 0.125. The van der Waals surface area contributed by atoms with E-state index in [-0.39, 0.29) is 16.9 Å². The topological polar surface area (TPSA) is 82.6 Å². The number of aryl methyl sites for hydroxylation is 1. The number of methoxy groups -OCH3 is 1. The number of hydrogen-bond donors (Lipinski definition) is 0. The Hall–Kier alpha value is -3.49. The highest BCUT2D eigenvalue weighted by Crippen LogP contribution is 2.31. The van der Waals surface area contributed by atoms with Crippen molar-refractivity contribution in [3.8, 4) is 29.1 Å². The standard InChI is InChI=1S/C21H14F2N4OS/c1-12-16(10-25)20(13-6-7-18(28-2)15(8-13)9-24)27-21(26-12)29-11-14-4-3-5-17(22)19(14)23/h3-8H,11H2,1-2H3. The van der Waals surface area contributed by atoms with Crippen LogP contribution in [0.1, 0.15) is 22.4 Å². The second kappa shape index (κ2) is 8.68. The van der Waals surface area contributed by atoms with Crippen molar-refractivity contribution in [1.82, 2.24) is 9.97 Å². The van der Waals surface area contributed by atoms with Crippen LogP contribution in [0.15, 0.2) is 41.6 Å². The Balaban J connectivity index is 2.00. The zero-order valence-electron chi connectivity index (χ0n) is 15.5. The highest BCUT2D eigenvalue weighted by molar-refractivity contribution is 7.98. The van der Waals surface area contributed by atoms with Crippen LogP contribution in [0, 0.1) is 41.2 Å². The Morgan fingerprint density at radius 2 is 1.90 bits per heavy atom. The van der Waals surface area contributed by atoms with Crippen LogP contribution in [0.2, 0.25) is 0 Å². The van der Waals surface area contributed by atoms with E-state index in [0.29, 0.717) is 33.4 Å². The van der Waals surface area contributed by atoms with Crippen molar-refractivity contribution >= 4 is 11.8 Å². The van der Waals surface area contributed by atoms with Gasteiger partial charge >= 0.3 is 0 Å². The van der Waals surface area contributed by atoms with E-state index in [1.54, 1.807) is 25.1 Å².